The van der Waals surface area contributed by atoms with E-state index in [-0.39, 0.29) is 0 Å². The molecule has 0 aliphatic carbocycles. The van der Waals surface area contributed by atoms with Crippen LogP contribution in [0.4, 0.5) is 4.79 Å². The first-order valence-corrected chi connectivity index (χ1v) is 3.73. The highest BCUT2D eigenvalue weighted by Crippen LogP contribution is 2.06. The molecule has 0 bridgehead atoms. The minimum absolute atomic E-state index is 0.495. The number of nitrogens with one attached hydrogen (secondary N) is 1. The molecule has 0 heterocycles. The fraction of sp³-hybridized carbons (Fsp3) is 0.625. The molecule has 0 aromatic carbocycles. The van der Waals surface area contributed by atoms with Gasteiger partial charge >= 0.3 is 6.09 Å². The normalized spacial score (nSPS) is 13.3. The van der Waals surface area contributed by atoms with Gasteiger partial charge in [-0.1, -0.05) is 12.7 Å². The van der Waals surface area contributed by atoms with Crippen LogP contribution in [0.1, 0.15) is 20.8 Å². The van der Waals surface area contributed by atoms with E-state index in [4.69, 9.17) is 10.5 Å². The third-order valence-corrected chi connectivity index (χ3v) is 0.937. The Hall–Kier alpha value is -1.03. The molecule has 0 aromatic heterocycles. The minimum atomic E-state index is -0.556. The van der Waals surface area contributed by atoms with Crippen molar-refractivity contribution in [2.75, 3.05) is 0 Å². The molecule has 70 valence electrons. The number of carbonyl (C=O) groups excluding carboxylic acids is 1. The molecule has 4 nitrogen and oxygen atoms in total. The average Bonchev–Trinajstić information content (AvgIpc) is 1.82. The summed E-state index contributed by atoms with van der Waals surface area (Å²) in [5, 5.41) is 2.38. The van der Waals surface area contributed by atoms with Crippen LogP contribution in [0.2, 0.25) is 0 Å². The Balaban J connectivity index is 3.82. The highest BCUT2D eigenvalue weighted by Gasteiger charge is 2.16. The molecule has 0 saturated carbocycles. The van der Waals surface area contributed by atoms with Crippen LogP contribution in [0, 0.1) is 0 Å². The summed E-state index contributed by atoms with van der Waals surface area (Å²) in [6.07, 6.45) is 0.332. The molecule has 0 saturated heterocycles. The van der Waals surface area contributed by atoms with Gasteiger partial charge in [0.25, 0.3) is 0 Å². The van der Waals surface area contributed by atoms with Crippen LogP contribution in [0.15, 0.2) is 12.7 Å². The summed E-state index contributed by atoms with van der Waals surface area (Å²) in [7, 11) is 0. The highest BCUT2D eigenvalue weighted by atomic mass is 16.6. The van der Waals surface area contributed by atoms with Gasteiger partial charge in [0.05, 0.1) is 6.17 Å². The van der Waals surface area contributed by atoms with Crippen LogP contribution in [-0.4, -0.2) is 17.9 Å². The maximum Gasteiger partial charge on any atom is 0.409 e. The molecular formula is C8H16N2O2. The van der Waals surface area contributed by atoms with Crippen molar-refractivity contribution in [2.45, 2.75) is 32.5 Å². The van der Waals surface area contributed by atoms with E-state index < -0.39 is 17.9 Å². The van der Waals surface area contributed by atoms with E-state index in [1.807, 2.05) is 0 Å². The Morgan fingerprint density at radius 2 is 2.17 bits per heavy atom. The van der Waals surface area contributed by atoms with E-state index in [1.165, 1.54) is 6.08 Å². The van der Waals surface area contributed by atoms with Gasteiger partial charge in [0.15, 0.2) is 0 Å². The van der Waals surface area contributed by atoms with Gasteiger partial charge in [-0.15, -0.1) is 0 Å². The summed E-state index contributed by atoms with van der Waals surface area (Å²) in [6, 6.07) is 0. The molecule has 0 aliphatic heterocycles. The van der Waals surface area contributed by atoms with Gasteiger partial charge in [-0.05, 0) is 20.8 Å². The molecule has 12 heavy (non-hydrogen) atoms. The first-order valence-electron chi connectivity index (χ1n) is 3.73. The molecule has 0 spiro atoms. The Bertz CT molecular complexity index is 172. The largest absolute Gasteiger partial charge is 0.444 e. The second-order valence-electron chi connectivity index (χ2n) is 3.41. The van der Waals surface area contributed by atoms with Gasteiger partial charge in [-0.2, -0.15) is 0 Å². The van der Waals surface area contributed by atoms with E-state index in [9.17, 15) is 4.79 Å². The SMILES string of the molecule is C=CC(N)NC(=O)OC(C)(C)C. The summed E-state index contributed by atoms with van der Waals surface area (Å²) >= 11 is 0. The molecule has 0 aliphatic rings. The number of rotatable bonds is 2. The fourth-order valence-corrected chi connectivity index (χ4v) is 0.503. The van der Waals surface area contributed by atoms with Crippen molar-refractivity contribution in [1.29, 1.82) is 0 Å². The summed E-state index contributed by atoms with van der Waals surface area (Å²) in [5.41, 5.74) is 4.87. The Morgan fingerprint density at radius 3 is 2.50 bits per heavy atom. The third-order valence-electron chi connectivity index (χ3n) is 0.937. The van der Waals surface area contributed by atoms with E-state index in [0.29, 0.717) is 0 Å². The van der Waals surface area contributed by atoms with Crippen LogP contribution in [0.25, 0.3) is 0 Å². The zero-order chi connectivity index (χ0) is 9.78. The lowest BCUT2D eigenvalue weighted by Gasteiger charge is -2.20. The lowest BCUT2D eigenvalue weighted by Crippen LogP contribution is -2.42. The Labute approximate surface area is 72.8 Å². The van der Waals surface area contributed by atoms with E-state index in [0.717, 1.165) is 0 Å². The van der Waals surface area contributed by atoms with E-state index in [1.54, 1.807) is 20.8 Å². The number of amides is 1. The fourth-order valence-electron chi connectivity index (χ4n) is 0.503. The zero-order valence-electron chi connectivity index (χ0n) is 7.76. The van der Waals surface area contributed by atoms with E-state index >= 15 is 0 Å². The summed E-state index contributed by atoms with van der Waals surface area (Å²) in [5.74, 6) is 0. The molecule has 0 aromatic rings. The minimum Gasteiger partial charge on any atom is -0.444 e. The highest BCUT2D eigenvalue weighted by molar-refractivity contribution is 5.68. The molecule has 1 atom stereocenters. The molecule has 4 heteroatoms. The summed E-state index contributed by atoms with van der Waals surface area (Å²) in [6.45, 7) is 8.77. The van der Waals surface area contributed by atoms with Crippen molar-refractivity contribution >= 4 is 6.09 Å². The lowest BCUT2D eigenvalue weighted by molar-refractivity contribution is 0.0516. The molecule has 0 radical (unpaired) electrons. The Morgan fingerprint density at radius 1 is 1.67 bits per heavy atom. The first-order chi connectivity index (χ1) is 5.35. The van der Waals surface area contributed by atoms with Gasteiger partial charge in [-0.25, -0.2) is 4.79 Å². The number of hydrogen-bond acceptors (Lipinski definition) is 3. The second kappa shape index (κ2) is 4.11. The second-order valence-corrected chi connectivity index (χ2v) is 3.41. The van der Waals surface area contributed by atoms with Crippen LogP contribution >= 0.6 is 0 Å². The molecule has 0 rings (SSSR count). The maximum absolute atomic E-state index is 11.0. The van der Waals surface area contributed by atoms with Crippen LogP contribution in [-0.2, 0) is 4.74 Å². The van der Waals surface area contributed by atoms with Crippen molar-refractivity contribution in [3.05, 3.63) is 12.7 Å². The van der Waals surface area contributed by atoms with Gasteiger partial charge in [-0.3, -0.25) is 0 Å². The molecule has 3 N–H and O–H groups in total. The van der Waals surface area contributed by atoms with Crippen LogP contribution in [0.3, 0.4) is 0 Å². The maximum atomic E-state index is 11.0. The van der Waals surface area contributed by atoms with Crippen molar-refractivity contribution < 1.29 is 9.53 Å². The van der Waals surface area contributed by atoms with Gasteiger partial charge in [0.1, 0.15) is 5.60 Å². The van der Waals surface area contributed by atoms with Gasteiger partial charge < -0.3 is 15.8 Å². The number of carbonyl (C=O) groups is 1. The number of ether oxygens (including phenoxy) is 1. The number of hydrogen-bond donors (Lipinski definition) is 2. The first kappa shape index (κ1) is 11.0. The predicted octanol–water partition coefficient (Wildman–Crippen LogP) is 0.982. The number of alkyl carbamates (subject to hydrolysis) is 1. The third kappa shape index (κ3) is 5.73. The van der Waals surface area contributed by atoms with Crippen molar-refractivity contribution in [1.82, 2.24) is 5.32 Å². The van der Waals surface area contributed by atoms with Crippen molar-refractivity contribution in [3.63, 3.8) is 0 Å². The topological polar surface area (TPSA) is 64.3 Å². The van der Waals surface area contributed by atoms with Crippen molar-refractivity contribution in [3.8, 4) is 0 Å². The standard InChI is InChI=1S/C8H16N2O2/c1-5-6(9)10-7(11)12-8(2,3)4/h5-6H,1,9H2,2-4H3,(H,10,11). The molecular weight excluding hydrogens is 156 g/mol. The quantitative estimate of drug-likeness (QED) is 0.482. The smallest absolute Gasteiger partial charge is 0.409 e. The van der Waals surface area contributed by atoms with Gasteiger partial charge in [0, 0.05) is 0 Å². The predicted molar refractivity (Wildman–Crippen MR) is 47.5 cm³/mol. The summed E-state index contributed by atoms with van der Waals surface area (Å²) in [4.78, 5) is 11.0. The van der Waals surface area contributed by atoms with Crippen molar-refractivity contribution in [2.24, 2.45) is 5.73 Å². The molecule has 1 unspecified atom stereocenters. The molecule has 1 amide bonds. The average molecular weight is 172 g/mol. The van der Waals surface area contributed by atoms with Crippen LogP contribution in [0.5, 0.6) is 0 Å². The number of nitrogens with two attached hydrogens (primary N) is 1. The zero-order valence-corrected chi connectivity index (χ0v) is 7.76. The lowest BCUT2D eigenvalue weighted by atomic mass is 10.2. The summed E-state index contributed by atoms with van der Waals surface area (Å²) < 4.78 is 4.93. The van der Waals surface area contributed by atoms with Crippen LogP contribution < -0.4 is 11.1 Å². The van der Waals surface area contributed by atoms with Gasteiger partial charge in [0.2, 0.25) is 0 Å². The monoisotopic (exact) mass is 172 g/mol. The Kier molecular flexibility index (Phi) is 3.76. The van der Waals surface area contributed by atoms with E-state index in [2.05, 4.69) is 11.9 Å². The molecule has 0 fully saturated rings.